The number of anilines is 1. The van der Waals surface area contributed by atoms with Gasteiger partial charge in [-0.3, -0.25) is 0 Å². The smallest absolute Gasteiger partial charge is 0.136 e. The van der Waals surface area contributed by atoms with Gasteiger partial charge in [-0.05, 0) is 45.8 Å². The third-order valence-electron chi connectivity index (χ3n) is 2.26. The highest BCUT2D eigenvalue weighted by molar-refractivity contribution is 9.10. The van der Waals surface area contributed by atoms with Gasteiger partial charge in [0.1, 0.15) is 18.2 Å². The van der Waals surface area contributed by atoms with Crippen LogP contribution in [0, 0.1) is 5.82 Å². The average molecular weight is 296 g/mol. The Balaban J connectivity index is 2.07. The molecule has 0 amide bonds. The molecule has 0 saturated carbocycles. The predicted molar refractivity (Wildman–Crippen MR) is 69.3 cm³/mol. The number of ether oxygens (including phenoxy) is 1. The number of nitrogen functional groups attached to an aromatic ring is 1. The van der Waals surface area contributed by atoms with E-state index in [1.165, 1.54) is 12.1 Å². The summed E-state index contributed by atoms with van der Waals surface area (Å²) in [4.78, 5) is 0. The van der Waals surface area contributed by atoms with E-state index in [4.69, 9.17) is 10.5 Å². The second-order valence-corrected chi connectivity index (χ2v) is 4.46. The molecule has 0 atom stereocenters. The van der Waals surface area contributed by atoms with Crippen LogP contribution in [0.3, 0.4) is 0 Å². The second kappa shape index (κ2) is 5.19. The van der Waals surface area contributed by atoms with Gasteiger partial charge >= 0.3 is 0 Å². The molecular formula is C13H11BrFNO. The maximum absolute atomic E-state index is 12.7. The van der Waals surface area contributed by atoms with E-state index >= 15 is 0 Å². The van der Waals surface area contributed by atoms with Crippen molar-refractivity contribution in [3.63, 3.8) is 0 Å². The molecule has 0 aliphatic carbocycles. The van der Waals surface area contributed by atoms with Crippen LogP contribution in [0.4, 0.5) is 10.1 Å². The first-order valence-corrected chi connectivity index (χ1v) is 5.87. The molecule has 2 rings (SSSR count). The van der Waals surface area contributed by atoms with Crippen molar-refractivity contribution in [2.24, 2.45) is 0 Å². The van der Waals surface area contributed by atoms with Crippen LogP contribution in [0.1, 0.15) is 5.56 Å². The van der Waals surface area contributed by atoms with E-state index in [0.717, 1.165) is 10.0 Å². The number of halogens is 2. The van der Waals surface area contributed by atoms with E-state index < -0.39 is 0 Å². The van der Waals surface area contributed by atoms with Crippen LogP contribution in [-0.2, 0) is 6.61 Å². The van der Waals surface area contributed by atoms with Crippen molar-refractivity contribution in [1.82, 2.24) is 0 Å². The van der Waals surface area contributed by atoms with Crippen LogP contribution in [0.15, 0.2) is 46.9 Å². The highest BCUT2D eigenvalue weighted by Gasteiger charge is 2.02. The Hall–Kier alpha value is -1.55. The Morgan fingerprint density at radius 1 is 1.12 bits per heavy atom. The van der Waals surface area contributed by atoms with Crippen molar-refractivity contribution in [3.8, 4) is 5.75 Å². The molecule has 2 aromatic rings. The molecule has 4 heteroatoms. The van der Waals surface area contributed by atoms with Gasteiger partial charge in [0.2, 0.25) is 0 Å². The molecule has 0 fully saturated rings. The molecule has 2 nitrogen and oxygen atoms in total. The Morgan fingerprint density at radius 3 is 2.53 bits per heavy atom. The molecule has 0 heterocycles. The van der Waals surface area contributed by atoms with E-state index in [0.29, 0.717) is 18.0 Å². The van der Waals surface area contributed by atoms with Crippen LogP contribution in [0.5, 0.6) is 5.75 Å². The highest BCUT2D eigenvalue weighted by Crippen LogP contribution is 2.27. The lowest BCUT2D eigenvalue weighted by atomic mass is 10.2. The van der Waals surface area contributed by atoms with Crippen molar-refractivity contribution in [2.45, 2.75) is 6.61 Å². The molecule has 0 saturated heterocycles. The Bertz CT molecular complexity index is 513. The summed E-state index contributed by atoms with van der Waals surface area (Å²) in [5.74, 6) is 0.424. The summed E-state index contributed by atoms with van der Waals surface area (Å²) in [5, 5.41) is 0. The minimum atomic E-state index is -0.251. The van der Waals surface area contributed by atoms with E-state index in [9.17, 15) is 4.39 Å². The van der Waals surface area contributed by atoms with Gasteiger partial charge in [0.15, 0.2) is 0 Å². The summed E-state index contributed by atoms with van der Waals surface area (Å²) in [6.07, 6.45) is 0. The standard InChI is InChI=1S/C13H11BrFNO/c14-12-6-5-11(16)7-13(12)17-8-9-1-3-10(15)4-2-9/h1-7H,8,16H2. The van der Waals surface area contributed by atoms with Crippen LogP contribution in [-0.4, -0.2) is 0 Å². The summed E-state index contributed by atoms with van der Waals surface area (Å²) in [6, 6.07) is 11.6. The number of nitrogens with two attached hydrogens (primary N) is 1. The van der Waals surface area contributed by atoms with Crippen molar-refractivity contribution < 1.29 is 9.13 Å². The van der Waals surface area contributed by atoms with Crippen molar-refractivity contribution in [1.29, 1.82) is 0 Å². The quantitative estimate of drug-likeness (QED) is 0.875. The summed E-state index contributed by atoms with van der Waals surface area (Å²) in [5.41, 5.74) is 7.21. The third-order valence-corrected chi connectivity index (χ3v) is 2.92. The molecule has 0 spiro atoms. The van der Waals surface area contributed by atoms with Gasteiger partial charge in [0.25, 0.3) is 0 Å². The summed E-state index contributed by atoms with van der Waals surface area (Å²) < 4.78 is 19.1. The average Bonchev–Trinajstić information content (AvgIpc) is 2.32. The summed E-state index contributed by atoms with van der Waals surface area (Å²) in [7, 11) is 0. The summed E-state index contributed by atoms with van der Waals surface area (Å²) in [6.45, 7) is 0.377. The lowest BCUT2D eigenvalue weighted by molar-refractivity contribution is 0.304. The maximum Gasteiger partial charge on any atom is 0.136 e. The van der Waals surface area contributed by atoms with Gasteiger partial charge < -0.3 is 10.5 Å². The van der Waals surface area contributed by atoms with Gasteiger partial charge in [-0.15, -0.1) is 0 Å². The fourth-order valence-electron chi connectivity index (χ4n) is 1.37. The first-order chi connectivity index (χ1) is 8.15. The van der Waals surface area contributed by atoms with E-state index in [2.05, 4.69) is 15.9 Å². The van der Waals surface area contributed by atoms with Crippen LogP contribution in [0.2, 0.25) is 0 Å². The second-order valence-electron chi connectivity index (χ2n) is 3.61. The van der Waals surface area contributed by atoms with Crippen LogP contribution in [0.25, 0.3) is 0 Å². The van der Waals surface area contributed by atoms with Gasteiger partial charge in [-0.25, -0.2) is 4.39 Å². The molecule has 0 bridgehead atoms. The zero-order valence-electron chi connectivity index (χ0n) is 8.99. The van der Waals surface area contributed by atoms with E-state index in [-0.39, 0.29) is 5.82 Å². The normalized spacial score (nSPS) is 10.2. The molecule has 0 radical (unpaired) electrons. The molecule has 17 heavy (non-hydrogen) atoms. The van der Waals surface area contributed by atoms with Gasteiger partial charge in [-0.1, -0.05) is 12.1 Å². The zero-order valence-corrected chi connectivity index (χ0v) is 10.6. The molecule has 2 N–H and O–H groups in total. The number of hydrogen-bond acceptors (Lipinski definition) is 2. The molecule has 88 valence electrons. The van der Waals surface area contributed by atoms with E-state index in [1.54, 1.807) is 24.3 Å². The molecular weight excluding hydrogens is 285 g/mol. The Labute approximate surface area is 107 Å². The van der Waals surface area contributed by atoms with Crippen LogP contribution < -0.4 is 10.5 Å². The number of benzene rings is 2. The Kier molecular flexibility index (Phi) is 3.64. The largest absolute Gasteiger partial charge is 0.488 e. The highest BCUT2D eigenvalue weighted by atomic mass is 79.9. The molecule has 0 unspecified atom stereocenters. The lowest BCUT2D eigenvalue weighted by Crippen LogP contribution is -1.97. The van der Waals surface area contributed by atoms with E-state index in [1.807, 2.05) is 6.07 Å². The van der Waals surface area contributed by atoms with Gasteiger partial charge in [0, 0.05) is 11.8 Å². The predicted octanol–water partition coefficient (Wildman–Crippen LogP) is 3.75. The maximum atomic E-state index is 12.7. The molecule has 0 aliphatic rings. The zero-order chi connectivity index (χ0) is 12.3. The third kappa shape index (κ3) is 3.20. The minimum Gasteiger partial charge on any atom is -0.488 e. The monoisotopic (exact) mass is 295 g/mol. The van der Waals surface area contributed by atoms with Crippen molar-refractivity contribution >= 4 is 21.6 Å². The van der Waals surface area contributed by atoms with Gasteiger partial charge in [-0.2, -0.15) is 0 Å². The number of hydrogen-bond donors (Lipinski definition) is 1. The fraction of sp³-hybridized carbons (Fsp3) is 0.0769. The first-order valence-electron chi connectivity index (χ1n) is 5.07. The van der Waals surface area contributed by atoms with Crippen molar-refractivity contribution in [3.05, 3.63) is 58.3 Å². The summed E-state index contributed by atoms with van der Waals surface area (Å²) >= 11 is 3.38. The molecule has 2 aromatic carbocycles. The van der Waals surface area contributed by atoms with Crippen molar-refractivity contribution in [2.75, 3.05) is 5.73 Å². The Morgan fingerprint density at radius 2 is 1.82 bits per heavy atom. The SMILES string of the molecule is Nc1ccc(Br)c(OCc2ccc(F)cc2)c1. The topological polar surface area (TPSA) is 35.2 Å². The molecule has 0 aliphatic heterocycles. The lowest BCUT2D eigenvalue weighted by Gasteiger charge is -2.08. The minimum absolute atomic E-state index is 0.251. The fourth-order valence-corrected chi connectivity index (χ4v) is 1.73. The van der Waals surface area contributed by atoms with Gasteiger partial charge in [0.05, 0.1) is 4.47 Å². The first kappa shape index (κ1) is 11.9. The number of rotatable bonds is 3. The molecule has 0 aromatic heterocycles. The van der Waals surface area contributed by atoms with Crippen LogP contribution >= 0.6 is 15.9 Å².